The third-order valence-electron chi connectivity index (χ3n) is 4.51. The average Bonchev–Trinajstić information content (AvgIpc) is 3.12. The maximum atomic E-state index is 9.63. The number of fused-ring (bicyclic) bond motifs is 2. The van der Waals surface area contributed by atoms with Gasteiger partial charge in [-0.1, -0.05) is 18.2 Å². The molecular weight excluding hydrogens is 318 g/mol. The Bertz CT molecular complexity index is 945. The van der Waals surface area contributed by atoms with Crippen molar-refractivity contribution < 1.29 is 4.74 Å². The van der Waals surface area contributed by atoms with E-state index >= 15 is 0 Å². The van der Waals surface area contributed by atoms with Gasteiger partial charge in [0.1, 0.15) is 11.1 Å². The normalized spacial score (nSPS) is 15.9. The molecule has 3 aromatic rings. The van der Waals surface area contributed by atoms with Crippen molar-refractivity contribution in [3.63, 3.8) is 0 Å². The maximum Gasteiger partial charge on any atom is 0.107 e. The molecule has 2 aromatic heterocycles. The van der Waals surface area contributed by atoms with Gasteiger partial charge in [-0.3, -0.25) is 0 Å². The van der Waals surface area contributed by atoms with Crippen LogP contribution in [0.15, 0.2) is 30.5 Å². The molecule has 4 nitrogen and oxygen atoms in total. The largest absolute Gasteiger partial charge is 0.372 e. The van der Waals surface area contributed by atoms with Crippen LogP contribution in [-0.4, -0.2) is 10.6 Å². The number of H-pyrrole nitrogens is 1. The second-order valence-electron chi connectivity index (χ2n) is 6.76. The number of aromatic amines is 1. The van der Waals surface area contributed by atoms with E-state index in [1.54, 1.807) is 11.3 Å². The zero-order valence-electron chi connectivity index (χ0n) is 13.8. The monoisotopic (exact) mass is 337 g/mol. The smallest absolute Gasteiger partial charge is 0.107 e. The van der Waals surface area contributed by atoms with Gasteiger partial charge in [0.15, 0.2) is 0 Å². The van der Waals surface area contributed by atoms with Crippen molar-refractivity contribution in [1.82, 2.24) is 4.98 Å². The number of nitrogens with zero attached hydrogens (tertiary/aromatic N) is 1. The number of nitrogens with one attached hydrogen (secondary N) is 2. The molecule has 1 aromatic carbocycles. The van der Waals surface area contributed by atoms with E-state index in [-0.39, 0.29) is 5.60 Å². The molecule has 122 valence electrons. The minimum absolute atomic E-state index is 0.201. The zero-order valence-corrected chi connectivity index (χ0v) is 14.6. The molecule has 3 heterocycles. The van der Waals surface area contributed by atoms with Crippen molar-refractivity contribution in [2.75, 3.05) is 5.32 Å². The minimum atomic E-state index is -0.201. The second-order valence-corrected chi connectivity index (χ2v) is 7.86. The summed E-state index contributed by atoms with van der Waals surface area (Å²) in [6.45, 7) is 5.44. The Balaban J connectivity index is 1.62. The summed E-state index contributed by atoms with van der Waals surface area (Å²) in [6, 6.07) is 10.7. The molecule has 0 radical (unpaired) electrons. The quantitative estimate of drug-likeness (QED) is 0.736. The molecule has 4 rings (SSSR count). The summed E-state index contributed by atoms with van der Waals surface area (Å²) >= 11 is 1.65. The number of anilines is 1. The number of thiophene rings is 1. The minimum Gasteiger partial charge on any atom is -0.372 e. The molecule has 0 spiro atoms. The lowest BCUT2D eigenvalue weighted by Crippen LogP contribution is -2.31. The molecule has 0 atom stereocenters. The molecule has 1 aliphatic heterocycles. The Morgan fingerprint density at radius 1 is 1.38 bits per heavy atom. The molecule has 0 saturated heterocycles. The van der Waals surface area contributed by atoms with Crippen molar-refractivity contribution in [1.29, 1.82) is 5.26 Å². The van der Waals surface area contributed by atoms with E-state index in [1.165, 1.54) is 15.8 Å². The Morgan fingerprint density at radius 3 is 3.04 bits per heavy atom. The van der Waals surface area contributed by atoms with E-state index < -0.39 is 0 Å². The first kappa shape index (κ1) is 15.3. The molecule has 0 fully saturated rings. The molecule has 0 amide bonds. The molecule has 5 heteroatoms. The second kappa shape index (κ2) is 5.66. The van der Waals surface area contributed by atoms with E-state index in [9.17, 15) is 5.26 Å². The average molecular weight is 337 g/mol. The van der Waals surface area contributed by atoms with Crippen molar-refractivity contribution in [2.24, 2.45) is 0 Å². The number of benzene rings is 1. The van der Waals surface area contributed by atoms with Crippen LogP contribution >= 0.6 is 11.3 Å². The predicted molar refractivity (Wildman–Crippen MR) is 97.2 cm³/mol. The Hall–Kier alpha value is -2.29. The lowest BCUT2D eigenvalue weighted by Gasteiger charge is -2.29. The van der Waals surface area contributed by atoms with E-state index in [0.29, 0.717) is 13.2 Å². The van der Waals surface area contributed by atoms with Crippen LogP contribution in [0, 0.1) is 11.3 Å². The fourth-order valence-electron chi connectivity index (χ4n) is 3.25. The lowest BCUT2D eigenvalue weighted by atomic mass is 9.93. The van der Waals surface area contributed by atoms with Gasteiger partial charge in [-0.2, -0.15) is 5.26 Å². The highest BCUT2D eigenvalue weighted by Crippen LogP contribution is 2.40. The summed E-state index contributed by atoms with van der Waals surface area (Å²) in [4.78, 5) is 4.46. The van der Waals surface area contributed by atoms with Crippen molar-refractivity contribution in [3.8, 4) is 6.07 Å². The SMILES string of the molecule is CC1(C)Cc2c(sc(NCc3c[nH]c4ccccc34)c2C#N)CO1. The van der Waals surface area contributed by atoms with E-state index in [1.807, 2.05) is 18.3 Å². The van der Waals surface area contributed by atoms with Gasteiger partial charge in [-0.15, -0.1) is 11.3 Å². The molecule has 2 N–H and O–H groups in total. The number of hydrogen-bond acceptors (Lipinski definition) is 4. The topological polar surface area (TPSA) is 60.8 Å². The van der Waals surface area contributed by atoms with Gasteiger partial charge in [-0.25, -0.2) is 0 Å². The fourth-order valence-corrected chi connectivity index (χ4v) is 4.33. The van der Waals surface area contributed by atoms with Crippen molar-refractivity contribution >= 4 is 27.2 Å². The molecule has 0 aliphatic carbocycles. The summed E-state index contributed by atoms with van der Waals surface area (Å²) in [5.74, 6) is 0. The first-order valence-corrected chi connectivity index (χ1v) is 8.86. The van der Waals surface area contributed by atoms with Gasteiger partial charge < -0.3 is 15.0 Å². The zero-order chi connectivity index (χ0) is 16.7. The molecule has 1 aliphatic rings. The van der Waals surface area contributed by atoms with Crippen LogP contribution < -0.4 is 5.32 Å². The van der Waals surface area contributed by atoms with Gasteiger partial charge in [0.25, 0.3) is 0 Å². The summed E-state index contributed by atoms with van der Waals surface area (Å²) in [5.41, 5.74) is 4.08. The fraction of sp³-hybridized carbons (Fsp3) is 0.316. The first-order chi connectivity index (χ1) is 11.6. The Labute approximate surface area is 145 Å². The third-order valence-corrected chi connectivity index (χ3v) is 5.68. The van der Waals surface area contributed by atoms with Gasteiger partial charge in [0, 0.05) is 34.9 Å². The number of rotatable bonds is 3. The van der Waals surface area contributed by atoms with Crippen LogP contribution in [0.2, 0.25) is 0 Å². The first-order valence-electron chi connectivity index (χ1n) is 8.05. The van der Waals surface area contributed by atoms with Gasteiger partial charge >= 0.3 is 0 Å². The Morgan fingerprint density at radius 2 is 2.21 bits per heavy atom. The summed E-state index contributed by atoms with van der Waals surface area (Å²) < 4.78 is 5.88. The summed E-state index contributed by atoms with van der Waals surface area (Å²) in [6.07, 6.45) is 2.82. The predicted octanol–water partition coefficient (Wildman–Crippen LogP) is 4.56. The van der Waals surface area contributed by atoms with Gasteiger partial charge in [-0.05, 0) is 31.0 Å². The van der Waals surface area contributed by atoms with Crippen molar-refractivity contribution in [2.45, 2.75) is 39.0 Å². The summed E-state index contributed by atoms with van der Waals surface area (Å²) in [7, 11) is 0. The van der Waals surface area contributed by atoms with Gasteiger partial charge in [0.05, 0.1) is 17.8 Å². The molecule has 24 heavy (non-hydrogen) atoms. The van der Waals surface area contributed by atoms with Crippen LogP contribution in [0.3, 0.4) is 0 Å². The van der Waals surface area contributed by atoms with Crippen LogP contribution in [0.25, 0.3) is 10.9 Å². The number of ether oxygens (including phenoxy) is 1. The highest BCUT2D eigenvalue weighted by molar-refractivity contribution is 7.16. The molecular formula is C19H19N3OS. The molecule has 0 saturated carbocycles. The number of aromatic nitrogens is 1. The molecule has 0 bridgehead atoms. The number of hydrogen-bond donors (Lipinski definition) is 2. The standard InChI is InChI=1S/C19H19N3OS/c1-19(2)7-14-15(8-20)18(24-17(14)11-23-19)22-10-12-9-21-16-6-4-3-5-13(12)16/h3-6,9,21-22H,7,10-11H2,1-2H3. The van der Waals surface area contributed by atoms with Crippen LogP contribution in [-0.2, 0) is 24.3 Å². The van der Waals surface area contributed by atoms with Gasteiger partial charge in [0.2, 0.25) is 0 Å². The van der Waals surface area contributed by atoms with E-state index in [0.717, 1.165) is 28.1 Å². The van der Waals surface area contributed by atoms with Crippen LogP contribution in [0.4, 0.5) is 5.00 Å². The Kier molecular flexibility index (Phi) is 3.60. The number of para-hydroxylation sites is 1. The third kappa shape index (κ3) is 2.58. The highest BCUT2D eigenvalue weighted by atomic mass is 32.1. The molecule has 0 unspecified atom stereocenters. The van der Waals surface area contributed by atoms with E-state index in [2.05, 4.69) is 42.4 Å². The lowest BCUT2D eigenvalue weighted by molar-refractivity contribution is -0.0383. The van der Waals surface area contributed by atoms with Crippen molar-refractivity contribution in [3.05, 3.63) is 52.0 Å². The van der Waals surface area contributed by atoms with E-state index in [4.69, 9.17) is 4.74 Å². The maximum absolute atomic E-state index is 9.63. The highest BCUT2D eigenvalue weighted by Gasteiger charge is 2.31. The van der Waals surface area contributed by atoms with Crippen LogP contribution in [0.5, 0.6) is 0 Å². The number of nitriles is 1. The van der Waals surface area contributed by atoms with Crippen LogP contribution in [0.1, 0.15) is 35.4 Å². The summed E-state index contributed by atoms with van der Waals surface area (Å²) in [5, 5.41) is 15.3.